The monoisotopic (exact) mass is 311 g/mol. The Morgan fingerprint density at radius 1 is 1.00 bits per heavy atom. The summed E-state index contributed by atoms with van der Waals surface area (Å²) in [4.78, 5) is 12.6. The van der Waals surface area contributed by atoms with Crippen LogP contribution < -0.4 is 5.32 Å². The van der Waals surface area contributed by atoms with Crippen molar-refractivity contribution in [3.8, 4) is 0 Å². The van der Waals surface area contributed by atoms with Gasteiger partial charge in [-0.3, -0.25) is 4.79 Å². The number of benzene rings is 2. The van der Waals surface area contributed by atoms with Crippen molar-refractivity contribution in [2.45, 2.75) is 6.42 Å². The van der Waals surface area contributed by atoms with Crippen LogP contribution in [0.2, 0.25) is 0 Å². The number of rotatable bonds is 3. The second-order valence-electron chi connectivity index (χ2n) is 4.76. The number of carbonyl (C=O) groups is 1. The van der Waals surface area contributed by atoms with E-state index < -0.39 is 0 Å². The van der Waals surface area contributed by atoms with Crippen molar-refractivity contribution in [2.75, 3.05) is 0 Å². The second kappa shape index (κ2) is 6.24. The Morgan fingerprint density at radius 3 is 2.29 bits per heavy atom. The molecule has 0 spiro atoms. The van der Waals surface area contributed by atoms with Crippen LogP contribution in [-0.2, 0) is 6.42 Å². The van der Waals surface area contributed by atoms with Gasteiger partial charge in [-0.25, -0.2) is 0 Å². The first-order chi connectivity index (χ1) is 10.2. The molecule has 1 fully saturated rings. The molecule has 4 heteroatoms. The molecule has 1 saturated heterocycles. The van der Waals surface area contributed by atoms with Gasteiger partial charge in [-0.05, 0) is 40.9 Å². The largest absolute Gasteiger partial charge is 0.307 e. The predicted octanol–water partition coefficient (Wildman–Crippen LogP) is 4.40. The van der Waals surface area contributed by atoms with Crippen LogP contribution >= 0.6 is 24.0 Å². The topological polar surface area (TPSA) is 29.1 Å². The summed E-state index contributed by atoms with van der Waals surface area (Å²) >= 11 is 6.25. The van der Waals surface area contributed by atoms with E-state index in [9.17, 15) is 4.79 Å². The zero-order valence-corrected chi connectivity index (χ0v) is 12.8. The molecule has 1 aliphatic heterocycles. The Bertz CT molecular complexity index is 705. The molecule has 1 N–H and O–H groups in total. The molecule has 21 heavy (non-hydrogen) atoms. The van der Waals surface area contributed by atoms with Crippen molar-refractivity contribution in [3.05, 3.63) is 76.2 Å². The molecule has 1 heterocycles. The number of thioether (sulfide) groups is 1. The van der Waals surface area contributed by atoms with Gasteiger partial charge in [-0.1, -0.05) is 66.8 Å². The average molecular weight is 311 g/mol. The quantitative estimate of drug-likeness (QED) is 0.673. The van der Waals surface area contributed by atoms with E-state index in [0.29, 0.717) is 4.99 Å². The first-order valence-electron chi connectivity index (χ1n) is 6.58. The third kappa shape index (κ3) is 3.60. The van der Waals surface area contributed by atoms with Crippen molar-refractivity contribution in [1.29, 1.82) is 0 Å². The van der Waals surface area contributed by atoms with Gasteiger partial charge in [0.2, 0.25) is 0 Å². The fraction of sp³-hybridized carbons (Fsp3) is 0.0588. The molecule has 1 amide bonds. The molecular weight excluding hydrogens is 298 g/mol. The summed E-state index contributed by atoms with van der Waals surface area (Å²) in [5.41, 5.74) is 3.61. The van der Waals surface area contributed by atoms with Crippen molar-refractivity contribution in [1.82, 2.24) is 5.32 Å². The van der Waals surface area contributed by atoms with E-state index in [1.165, 1.54) is 11.1 Å². The molecule has 0 bridgehead atoms. The molecule has 3 rings (SSSR count). The summed E-state index contributed by atoms with van der Waals surface area (Å²) in [6.45, 7) is 0. The van der Waals surface area contributed by atoms with E-state index in [-0.39, 0.29) is 5.24 Å². The van der Waals surface area contributed by atoms with Gasteiger partial charge in [-0.2, -0.15) is 0 Å². The van der Waals surface area contributed by atoms with Gasteiger partial charge in [0.1, 0.15) is 4.99 Å². The molecule has 2 aromatic carbocycles. The molecule has 0 saturated carbocycles. The Kier molecular flexibility index (Phi) is 4.18. The second-order valence-corrected chi connectivity index (χ2v) is 6.18. The van der Waals surface area contributed by atoms with E-state index >= 15 is 0 Å². The number of amides is 1. The molecule has 2 nitrogen and oxygen atoms in total. The van der Waals surface area contributed by atoms with Crippen LogP contribution in [0.3, 0.4) is 0 Å². The molecule has 0 aliphatic carbocycles. The van der Waals surface area contributed by atoms with Crippen LogP contribution in [0.1, 0.15) is 16.7 Å². The van der Waals surface area contributed by atoms with Crippen LogP contribution in [0.15, 0.2) is 59.5 Å². The molecule has 2 aromatic rings. The molecule has 1 aliphatic rings. The molecule has 0 unspecified atom stereocenters. The highest BCUT2D eigenvalue weighted by atomic mass is 32.2. The van der Waals surface area contributed by atoms with E-state index in [2.05, 4.69) is 53.8 Å². The molecule has 0 aromatic heterocycles. The Labute approximate surface area is 133 Å². The highest BCUT2D eigenvalue weighted by Crippen LogP contribution is 2.26. The highest BCUT2D eigenvalue weighted by molar-refractivity contribution is 8.19. The van der Waals surface area contributed by atoms with Gasteiger partial charge >= 0.3 is 0 Å². The van der Waals surface area contributed by atoms with Gasteiger partial charge in [0.15, 0.2) is 0 Å². The van der Waals surface area contributed by atoms with Crippen LogP contribution in [0.5, 0.6) is 0 Å². The van der Waals surface area contributed by atoms with Crippen LogP contribution in [0.4, 0.5) is 4.79 Å². The summed E-state index contributed by atoms with van der Waals surface area (Å²) in [5.74, 6) is 0. The Hall–Kier alpha value is -1.91. The van der Waals surface area contributed by atoms with Gasteiger partial charge in [-0.15, -0.1) is 0 Å². The van der Waals surface area contributed by atoms with E-state index in [1.807, 2.05) is 12.1 Å². The molecule has 0 radical (unpaired) electrons. The minimum Gasteiger partial charge on any atom is -0.307 e. The summed E-state index contributed by atoms with van der Waals surface area (Å²) in [6.07, 6.45) is 2.86. The Morgan fingerprint density at radius 2 is 1.67 bits per heavy atom. The maximum Gasteiger partial charge on any atom is 0.289 e. The minimum atomic E-state index is -0.105. The lowest BCUT2D eigenvalue weighted by Gasteiger charge is -2.03. The number of hydrogen-bond acceptors (Lipinski definition) is 3. The fourth-order valence-electron chi connectivity index (χ4n) is 2.14. The standard InChI is InChI=1S/C17H13NOS2/c19-17-18-16(20)15(21-17)11-14-8-6-13(7-9-14)10-12-4-2-1-3-5-12/h1-9,11H,10H2,(H,18,19,20)/b15-11+. The van der Waals surface area contributed by atoms with E-state index in [1.54, 1.807) is 0 Å². The zero-order chi connectivity index (χ0) is 14.7. The average Bonchev–Trinajstić information content (AvgIpc) is 2.80. The number of hydrogen-bond donors (Lipinski definition) is 1. The van der Waals surface area contributed by atoms with Crippen molar-refractivity contribution >= 4 is 40.3 Å². The van der Waals surface area contributed by atoms with E-state index in [0.717, 1.165) is 28.7 Å². The normalized spacial score (nSPS) is 16.3. The number of thiocarbonyl (C=S) groups is 1. The van der Waals surface area contributed by atoms with Gasteiger partial charge in [0.25, 0.3) is 5.24 Å². The fourth-order valence-corrected chi connectivity index (χ4v) is 3.17. The Balaban J connectivity index is 1.74. The molecule has 0 atom stereocenters. The third-order valence-electron chi connectivity index (χ3n) is 3.17. The predicted molar refractivity (Wildman–Crippen MR) is 92.4 cm³/mol. The maximum absolute atomic E-state index is 11.2. The maximum atomic E-state index is 11.2. The minimum absolute atomic E-state index is 0.105. The summed E-state index contributed by atoms with van der Waals surface area (Å²) < 4.78 is 0. The van der Waals surface area contributed by atoms with E-state index in [4.69, 9.17) is 12.2 Å². The van der Waals surface area contributed by atoms with Crippen LogP contribution in [-0.4, -0.2) is 10.2 Å². The highest BCUT2D eigenvalue weighted by Gasteiger charge is 2.21. The zero-order valence-electron chi connectivity index (χ0n) is 11.2. The van der Waals surface area contributed by atoms with Crippen molar-refractivity contribution < 1.29 is 4.79 Å². The van der Waals surface area contributed by atoms with Crippen molar-refractivity contribution in [2.24, 2.45) is 0 Å². The first kappa shape index (κ1) is 14.0. The van der Waals surface area contributed by atoms with Gasteiger partial charge in [0, 0.05) is 0 Å². The van der Waals surface area contributed by atoms with Gasteiger partial charge < -0.3 is 5.32 Å². The van der Waals surface area contributed by atoms with Crippen molar-refractivity contribution in [3.63, 3.8) is 0 Å². The van der Waals surface area contributed by atoms with Crippen LogP contribution in [0.25, 0.3) is 6.08 Å². The SMILES string of the molecule is O=C1NC(=S)/C(=C\c2ccc(Cc3ccccc3)cc2)S1. The number of nitrogens with one attached hydrogen (secondary N) is 1. The molecule has 104 valence electrons. The smallest absolute Gasteiger partial charge is 0.289 e. The summed E-state index contributed by atoms with van der Waals surface area (Å²) in [7, 11) is 0. The summed E-state index contributed by atoms with van der Waals surface area (Å²) in [5, 5.41) is 2.51. The van der Waals surface area contributed by atoms with Crippen LogP contribution in [0, 0.1) is 0 Å². The third-order valence-corrected chi connectivity index (χ3v) is 4.45. The number of carbonyl (C=O) groups excluding carboxylic acids is 1. The summed E-state index contributed by atoms with van der Waals surface area (Å²) in [6, 6.07) is 18.7. The molecular formula is C17H13NOS2. The van der Waals surface area contributed by atoms with Gasteiger partial charge in [0.05, 0.1) is 4.91 Å². The first-order valence-corrected chi connectivity index (χ1v) is 7.81. The lowest BCUT2D eigenvalue weighted by Crippen LogP contribution is -2.15. The lowest BCUT2D eigenvalue weighted by molar-refractivity contribution is 0.265. The lowest BCUT2D eigenvalue weighted by atomic mass is 10.0.